The number of aromatic nitrogens is 1. The number of hydrogen-bond donors (Lipinski definition) is 2. The maximum Gasteiger partial charge on any atom is 0.0759 e. The van der Waals surface area contributed by atoms with Crippen molar-refractivity contribution >= 4 is 33.2 Å². The van der Waals surface area contributed by atoms with Gasteiger partial charge in [0.1, 0.15) is 0 Å². The fourth-order valence-corrected chi connectivity index (χ4v) is 4.86. The van der Waals surface area contributed by atoms with E-state index < -0.39 is 0 Å². The lowest BCUT2D eigenvalue weighted by Crippen LogP contribution is -2.20. The second-order valence-electron chi connectivity index (χ2n) is 8.94. The van der Waals surface area contributed by atoms with Crippen LogP contribution in [0.1, 0.15) is 42.4 Å². The molecule has 158 valence electrons. The third-order valence-electron chi connectivity index (χ3n) is 6.64. The Bertz CT molecular complexity index is 1140. The van der Waals surface area contributed by atoms with Crippen LogP contribution < -0.4 is 10.6 Å². The predicted octanol–water partition coefficient (Wildman–Crippen LogP) is 6.82. The van der Waals surface area contributed by atoms with Crippen LogP contribution in [-0.4, -0.2) is 17.6 Å². The summed E-state index contributed by atoms with van der Waals surface area (Å²) in [4.78, 5) is 5.01. The minimum Gasteiger partial charge on any atom is -0.354 e. The summed E-state index contributed by atoms with van der Waals surface area (Å²) in [5, 5.41) is 9.67. The highest BCUT2D eigenvalue weighted by Gasteiger charge is 2.14. The highest BCUT2D eigenvalue weighted by molar-refractivity contribution is 6.10. The first-order chi connectivity index (χ1) is 15.2. The molecule has 2 N–H and O–H groups in total. The normalized spacial score (nSPS) is 16.3. The topological polar surface area (TPSA) is 37.0 Å². The van der Waals surface area contributed by atoms with Gasteiger partial charge in [0.05, 0.1) is 16.7 Å². The summed E-state index contributed by atoms with van der Waals surface area (Å²) < 4.78 is 0. The van der Waals surface area contributed by atoms with Crippen molar-refractivity contribution in [2.24, 2.45) is 0 Å². The monoisotopic (exact) mass is 409 g/mol. The van der Waals surface area contributed by atoms with E-state index >= 15 is 0 Å². The Morgan fingerprint density at radius 2 is 1.58 bits per heavy atom. The van der Waals surface area contributed by atoms with E-state index in [1.807, 2.05) is 0 Å². The molecule has 4 aromatic rings. The van der Waals surface area contributed by atoms with E-state index in [2.05, 4.69) is 85.1 Å². The van der Waals surface area contributed by atoms with Crippen LogP contribution in [0.2, 0.25) is 0 Å². The van der Waals surface area contributed by atoms with Gasteiger partial charge in [-0.15, -0.1) is 0 Å². The lowest BCUT2D eigenvalue weighted by molar-refractivity contribution is 0.536. The molecule has 31 heavy (non-hydrogen) atoms. The molecule has 3 heteroatoms. The van der Waals surface area contributed by atoms with Gasteiger partial charge in [-0.25, -0.2) is 4.98 Å². The quantitative estimate of drug-likeness (QED) is 0.343. The fraction of sp³-hybridized carbons (Fsp3) is 0.321. The Hall–Kier alpha value is -2.91. The van der Waals surface area contributed by atoms with Crippen molar-refractivity contribution in [2.75, 3.05) is 11.9 Å². The molecule has 1 aliphatic rings. The number of fused-ring (bicyclic) bond motifs is 2. The third kappa shape index (κ3) is 4.15. The largest absolute Gasteiger partial charge is 0.354 e. The molecule has 3 aromatic carbocycles. The summed E-state index contributed by atoms with van der Waals surface area (Å²) in [5.41, 5.74) is 8.24. The van der Waals surface area contributed by atoms with Crippen LogP contribution in [0.3, 0.4) is 0 Å². The summed E-state index contributed by atoms with van der Waals surface area (Å²) >= 11 is 0. The van der Waals surface area contributed by atoms with Crippen molar-refractivity contribution in [3.63, 3.8) is 0 Å². The summed E-state index contributed by atoms with van der Waals surface area (Å²) in [6, 6.07) is 22.6. The molecule has 1 fully saturated rings. The first-order valence-corrected chi connectivity index (χ1v) is 11.6. The highest BCUT2D eigenvalue weighted by atomic mass is 14.9. The number of pyridine rings is 1. The number of rotatable bonds is 6. The molecule has 5 rings (SSSR count). The molecular weight excluding hydrogens is 378 g/mol. The van der Waals surface area contributed by atoms with Crippen molar-refractivity contribution in [3.8, 4) is 0 Å². The standard InChI is InChI=1S/C28H31N3/c1-19-7-3-12-24-26(19)31-27-20(2)8-4-13-25(27)28(24)30-23-16-14-21(15-17-23)9-5-10-22-11-6-18-29-22/h3-4,7-8,12-17,22,29H,5-6,9-11,18H2,1-2H3,(H,30,31). The smallest absolute Gasteiger partial charge is 0.0759 e. The van der Waals surface area contributed by atoms with E-state index in [1.165, 1.54) is 59.7 Å². The van der Waals surface area contributed by atoms with E-state index in [4.69, 9.17) is 4.98 Å². The Balaban J connectivity index is 1.41. The lowest BCUT2D eigenvalue weighted by atomic mass is 10.0. The second kappa shape index (κ2) is 8.68. The van der Waals surface area contributed by atoms with E-state index in [9.17, 15) is 0 Å². The van der Waals surface area contributed by atoms with Gasteiger partial charge in [-0.2, -0.15) is 0 Å². The summed E-state index contributed by atoms with van der Waals surface area (Å²) in [6.07, 6.45) is 6.37. The second-order valence-corrected chi connectivity index (χ2v) is 8.94. The third-order valence-corrected chi connectivity index (χ3v) is 6.64. The molecule has 1 aromatic heterocycles. The van der Waals surface area contributed by atoms with Crippen molar-refractivity contribution in [3.05, 3.63) is 77.4 Å². The van der Waals surface area contributed by atoms with Crippen molar-refractivity contribution in [1.82, 2.24) is 10.3 Å². The zero-order valence-corrected chi connectivity index (χ0v) is 18.5. The van der Waals surface area contributed by atoms with Gasteiger partial charge >= 0.3 is 0 Å². The van der Waals surface area contributed by atoms with Crippen molar-refractivity contribution in [1.29, 1.82) is 0 Å². The Morgan fingerprint density at radius 3 is 2.19 bits per heavy atom. The Labute approximate surface area is 184 Å². The molecule has 0 amide bonds. The van der Waals surface area contributed by atoms with E-state index in [0.717, 1.165) is 34.9 Å². The number of nitrogens with zero attached hydrogens (tertiary/aromatic N) is 1. The molecule has 3 nitrogen and oxygen atoms in total. The maximum absolute atomic E-state index is 5.01. The molecule has 0 aliphatic carbocycles. The molecule has 0 spiro atoms. The predicted molar refractivity (Wildman–Crippen MR) is 132 cm³/mol. The zero-order valence-electron chi connectivity index (χ0n) is 18.5. The van der Waals surface area contributed by atoms with E-state index in [0.29, 0.717) is 0 Å². The molecule has 1 saturated heterocycles. The summed E-state index contributed by atoms with van der Waals surface area (Å²) in [5.74, 6) is 0. The van der Waals surface area contributed by atoms with Gasteiger partial charge in [-0.05, 0) is 81.3 Å². The average Bonchev–Trinajstić information content (AvgIpc) is 3.30. The Morgan fingerprint density at radius 1 is 0.903 bits per heavy atom. The summed E-state index contributed by atoms with van der Waals surface area (Å²) in [6.45, 7) is 5.47. The molecule has 1 unspecified atom stereocenters. The number of para-hydroxylation sites is 2. The fourth-order valence-electron chi connectivity index (χ4n) is 4.86. The van der Waals surface area contributed by atoms with E-state index in [1.54, 1.807) is 0 Å². The molecular formula is C28H31N3. The lowest BCUT2D eigenvalue weighted by Gasteiger charge is -2.16. The molecule has 0 radical (unpaired) electrons. The SMILES string of the molecule is Cc1cccc2c(Nc3ccc(CCCC4CCCN4)cc3)c3cccc(C)c3nc12. The van der Waals surface area contributed by atoms with Crippen LogP contribution in [0.25, 0.3) is 21.8 Å². The van der Waals surface area contributed by atoms with Gasteiger partial charge in [-0.3, -0.25) is 0 Å². The van der Waals surface area contributed by atoms with Gasteiger partial charge in [-0.1, -0.05) is 48.5 Å². The van der Waals surface area contributed by atoms with E-state index in [-0.39, 0.29) is 0 Å². The van der Waals surface area contributed by atoms with Crippen LogP contribution in [0.15, 0.2) is 60.7 Å². The minimum atomic E-state index is 0.737. The first-order valence-electron chi connectivity index (χ1n) is 11.6. The van der Waals surface area contributed by atoms with Crippen molar-refractivity contribution in [2.45, 2.75) is 52.0 Å². The van der Waals surface area contributed by atoms with Gasteiger partial charge in [0.25, 0.3) is 0 Å². The van der Waals surface area contributed by atoms with Crippen LogP contribution in [0.5, 0.6) is 0 Å². The molecule has 0 bridgehead atoms. The number of nitrogens with one attached hydrogen (secondary N) is 2. The van der Waals surface area contributed by atoms with Crippen LogP contribution in [0, 0.1) is 13.8 Å². The van der Waals surface area contributed by atoms with Gasteiger partial charge in [0.2, 0.25) is 0 Å². The zero-order chi connectivity index (χ0) is 21.2. The van der Waals surface area contributed by atoms with Crippen molar-refractivity contribution < 1.29 is 0 Å². The molecule has 2 heterocycles. The Kier molecular flexibility index (Phi) is 5.61. The number of hydrogen-bond acceptors (Lipinski definition) is 3. The maximum atomic E-state index is 5.01. The first kappa shape index (κ1) is 20.0. The number of benzene rings is 3. The average molecular weight is 410 g/mol. The number of aryl methyl sites for hydroxylation is 3. The number of anilines is 2. The van der Waals surface area contributed by atoms with Crippen LogP contribution in [0.4, 0.5) is 11.4 Å². The van der Waals surface area contributed by atoms with Gasteiger partial charge < -0.3 is 10.6 Å². The minimum absolute atomic E-state index is 0.737. The van der Waals surface area contributed by atoms with Gasteiger partial charge in [0.15, 0.2) is 0 Å². The highest BCUT2D eigenvalue weighted by Crippen LogP contribution is 2.35. The van der Waals surface area contributed by atoms with Crippen LogP contribution in [-0.2, 0) is 6.42 Å². The molecule has 1 aliphatic heterocycles. The van der Waals surface area contributed by atoms with Gasteiger partial charge in [0, 0.05) is 22.5 Å². The molecule has 1 atom stereocenters. The van der Waals surface area contributed by atoms with Crippen LogP contribution >= 0.6 is 0 Å². The molecule has 0 saturated carbocycles. The summed E-state index contributed by atoms with van der Waals surface area (Å²) in [7, 11) is 0.